The molecule has 17 heavy (non-hydrogen) atoms. The Labute approximate surface area is 104 Å². The second kappa shape index (κ2) is 6.15. The van der Waals surface area contributed by atoms with Crippen LogP contribution in [0.5, 0.6) is 0 Å². The summed E-state index contributed by atoms with van der Waals surface area (Å²) in [4.78, 5) is 2.13. The molecule has 3 nitrogen and oxygen atoms in total. The summed E-state index contributed by atoms with van der Waals surface area (Å²) < 4.78 is 0. The topological polar surface area (TPSA) is 35.5 Å². The number of aryl methyl sites for hydroxylation is 1. The number of likely N-dealkylation sites (N-methyl/N-ethyl adjacent to an activating group) is 1. The summed E-state index contributed by atoms with van der Waals surface area (Å²) in [6.07, 6.45) is 0. The number of nitrogens with zero attached hydrogens (tertiary/aromatic N) is 1. The Morgan fingerprint density at radius 2 is 1.94 bits per heavy atom. The minimum atomic E-state index is -0.360. The van der Waals surface area contributed by atoms with Gasteiger partial charge in [0.2, 0.25) is 0 Å². The van der Waals surface area contributed by atoms with Crippen molar-refractivity contribution in [2.45, 2.75) is 19.4 Å². The number of nitrogens with one attached hydrogen (secondary N) is 1. The lowest BCUT2D eigenvalue weighted by Crippen LogP contribution is -2.45. The Kier molecular flexibility index (Phi) is 5.12. The molecule has 1 aromatic carbocycles. The van der Waals surface area contributed by atoms with Crippen LogP contribution in [0.2, 0.25) is 0 Å². The van der Waals surface area contributed by atoms with Gasteiger partial charge in [-0.15, -0.1) is 0 Å². The third-order valence-corrected chi connectivity index (χ3v) is 3.13. The fourth-order valence-corrected chi connectivity index (χ4v) is 1.98. The molecule has 1 aromatic rings. The van der Waals surface area contributed by atoms with Crippen molar-refractivity contribution in [3.8, 4) is 0 Å². The van der Waals surface area contributed by atoms with E-state index in [0.29, 0.717) is 0 Å². The summed E-state index contributed by atoms with van der Waals surface area (Å²) in [5.41, 5.74) is 2.02. The van der Waals surface area contributed by atoms with Gasteiger partial charge in [0.25, 0.3) is 0 Å². The summed E-state index contributed by atoms with van der Waals surface area (Å²) in [6.45, 7) is 6.05. The maximum atomic E-state index is 9.65. The van der Waals surface area contributed by atoms with Crippen molar-refractivity contribution >= 4 is 0 Å². The molecule has 3 heteroatoms. The zero-order valence-electron chi connectivity index (χ0n) is 11.3. The van der Waals surface area contributed by atoms with Crippen LogP contribution in [0.4, 0.5) is 0 Å². The van der Waals surface area contributed by atoms with Crippen molar-refractivity contribution in [1.82, 2.24) is 10.2 Å². The average molecular weight is 236 g/mol. The van der Waals surface area contributed by atoms with Crippen LogP contribution in [-0.2, 0) is 5.54 Å². The second-order valence-corrected chi connectivity index (χ2v) is 5.04. The molecule has 0 amide bonds. The number of aliphatic hydroxyl groups is 1. The van der Waals surface area contributed by atoms with E-state index in [9.17, 15) is 5.11 Å². The Morgan fingerprint density at radius 3 is 2.47 bits per heavy atom. The molecule has 1 atom stereocenters. The first-order valence-electron chi connectivity index (χ1n) is 6.06. The number of hydrogen-bond donors (Lipinski definition) is 2. The van der Waals surface area contributed by atoms with Crippen LogP contribution in [0.15, 0.2) is 24.3 Å². The fraction of sp³-hybridized carbons (Fsp3) is 0.571. The van der Waals surface area contributed by atoms with E-state index in [-0.39, 0.29) is 12.1 Å². The van der Waals surface area contributed by atoms with Crippen molar-refractivity contribution in [1.29, 1.82) is 0 Å². The molecule has 0 bridgehead atoms. The molecule has 0 aliphatic heterocycles. The van der Waals surface area contributed by atoms with Gasteiger partial charge in [0.05, 0.1) is 12.1 Å². The van der Waals surface area contributed by atoms with Crippen LogP contribution in [0, 0.1) is 6.92 Å². The highest BCUT2D eigenvalue weighted by Gasteiger charge is 2.26. The molecule has 0 saturated heterocycles. The zero-order chi connectivity index (χ0) is 12.9. The highest BCUT2D eigenvalue weighted by molar-refractivity contribution is 5.32. The van der Waals surface area contributed by atoms with Crippen molar-refractivity contribution in [2.24, 2.45) is 0 Å². The molecule has 0 aliphatic carbocycles. The van der Waals surface area contributed by atoms with Crippen LogP contribution in [-0.4, -0.2) is 43.8 Å². The predicted octanol–water partition coefficient (Wildman–Crippen LogP) is 1.35. The van der Waals surface area contributed by atoms with E-state index in [1.165, 1.54) is 11.1 Å². The molecule has 1 rings (SSSR count). The molecule has 1 unspecified atom stereocenters. The predicted molar refractivity (Wildman–Crippen MR) is 72.2 cm³/mol. The van der Waals surface area contributed by atoms with E-state index in [2.05, 4.69) is 29.3 Å². The van der Waals surface area contributed by atoms with E-state index >= 15 is 0 Å². The number of hydrogen-bond acceptors (Lipinski definition) is 3. The SMILES string of the molecule is Cc1ccccc1C(C)(CO)NCCN(C)C. The van der Waals surface area contributed by atoms with Gasteiger partial charge in [-0.3, -0.25) is 0 Å². The molecule has 96 valence electrons. The molecule has 0 aliphatic rings. The molecular formula is C14H24N2O. The highest BCUT2D eigenvalue weighted by atomic mass is 16.3. The van der Waals surface area contributed by atoms with Gasteiger partial charge in [-0.2, -0.15) is 0 Å². The minimum Gasteiger partial charge on any atom is -0.394 e. The van der Waals surface area contributed by atoms with Gasteiger partial charge in [-0.05, 0) is 39.1 Å². The van der Waals surface area contributed by atoms with E-state index < -0.39 is 0 Å². The van der Waals surface area contributed by atoms with Gasteiger partial charge in [0, 0.05) is 13.1 Å². The summed E-state index contributed by atoms with van der Waals surface area (Å²) in [5.74, 6) is 0. The Balaban J connectivity index is 2.78. The molecule has 0 saturated carbocycles. The Morgan fingerprint density at radius 1 is 1.29 bits per heavy atom. The first-order chi connectivity index (χ1) is 7.99. The number of rotatable bonds is 6. The molecule has 0 heterocycles. The maximum Gasteiger partial charge on any atom is 0.0652 e. The number of aliphatic hydroxyl groups excluding tert-OH is 1. The lowest BCUT2D eigenvalue weighted by molar-refractivity contribution is 0.171. The third kappa shape index (κ3) is 3.80. The van der Waals surface area contributed by atoms with Crippen LogP contribution in [0.25, 0.3) is 0 Å². The highest BCUT2D eigenvalue weighted by Crippen LogP contribution is 2.23. The Hall–Kier alpha value is -0.900. The summed E-state index contributed by atoms with van der Waals surface area (Å²) in [5, 5.41) is 13.1. The largest absolute Gasteiger partial charge is 0.394 e. The van der Waals surface area contributed by atoms with Gasteiger partial charge >= 0.3 is 0 Å². The van der Waals surface area contributed by atoms with Crippen molar-refractivity contribution in [3.05, 3.63) is 35.4 Å². The van der Waals surface area contributed by atoms with Crippen LogP contribution < -0.4 is 5.32 Å². The van der Waals surface area contributed by atoms with Crippen LogP contribution in [0.3, 0.4) is 0 Å². The summed E-state index contributed by atoms with van der Waals surface area (Å²) in [7, 11) is 4.09. The summed E-state index contributed by atoms with van der Waals surface area (Å²) >= 11 is 0. The average Bonchev–Trinajstić information content (AvgIpc) is 2.29. The molecule has 0 fully saturated rings. The Bertz CT molecular complexity index is 352. The van der Waals surface area contributed by atoms with Gasteiger partial charge in [-0.25, -0.2) is 0 Å². The van der Waals surface area contributed by atoms with E-state index in [0.717, 1.165) is 13.1 Å². The molecule has 0 radical (unpaired) electrons. The van der Waals surface area contributed by atoms with Crippen LogP contribution in [0.1, 0.15) is 18.1 Å². The first kappa shape index (κ1) is 14.2. The minimum absolute atomic E-state index is 0.102. The molecule has 2 N–H and O–H groups in total. The normalized spacial score (nSPS) is 14.9. The lowest BCUT2D eigenvalue weighted by atomic mass is 9.89. The van der Waals surface area contributed by atoms with E-state index in [4.69, 9.17) is 0 Å². The van der Waals surface area contributed by atoms with Gasteiger partial charge < -0.3 is 15.3 Å². The monoisotopic (exact) mass is 236 g/mol. The maximum absolute atomic E-state index is 9.65. The van der Waals surface area contributed by atoms with E-state index in [1.807, 2.05) is 33.2 Å². The molecule has 0 spiro atoms. The van der Waals surface area contributed by atoms with Crippen molar-refractivity contribution < 1.29 is 5.11 Å². The smallest absolute Gasteiger partial charge is 0.0652 e. The molecule has 0 aromatic heterocycles. The van der Waals surface area contributed by atoms with Gasteiger partial charge in [0.1, 0.15) is 0 Å². The van der Waals surface area contributed by atoms with Gasteiger partial charge in [-0.1, -0.05) is 24.3 Å². The first-order valence-corrected chi connectivity index (χ1v) is 6.06. The fourth-order valence-electron chi connectivity index (χ4n) is 1.98. The van der Waals surface area contributed by atoms with Crippen LogP contribution >= 0.6 is 0 Å². The zero-order valence-corrected chi connectivity index (χ0v) is 11.3. The molecular weight excluding hydrogens is 212 g/mol. The standard InChI is InChI=1S/C14H24N2O/c1-12-7-5-6-8-13(12)14(2,11-17)15-9-10-16(3)4/h5-8,15,17H,9-11H2,1-4H3. The lowest BCUT2D eigenvalue weighted by Gasteiger charge is -2.31. The number of benzene rings is 1. The van der Waals surface area contributed by atoms with Crippen molar-refractivity contribution in [3.63, 3.8) is 0 Å². The van der Waals surface area contributed by atoms with Gasteiger partial charge in [0.15, 0.2) is 0 Å². The summed E-state index contributed by atoms with van der Waals surface area (Å²) in [6, 6.07) is 8.20. The third-order valence-electron chi connectivity index (χ3n) is 3.13. The quantitative estimate of drug-likeness (QED) is 0.783. The second-order valence-electron chi connectivity index (χ2n) is 5.04. The van der Waals surface area contributed by atoms with Crippen molar-refractivity contribution in [2.75, 3.05) is 33.8 Å². The van der Waals surface area contributed by atoms with E-state index in [1.54, 1.807) is 0 Å².